The van der Waals surface area contributed by atoms with Gasteiger partial charge >= 0.3 is 6.09 Å². The number of ether oxygens (including phenoxy) is 1. The van der Waals surface area contributed by atoms with Gasteiger partial charge in [0.15, 0.2) is 0 Å². The third-order valence-corrected chi connectivity index (χ3v) is 1.73. The van der Waals surface area contributed by atoms with Gasteiger partial charge in [-0.3, -0.25) is 5.32 Å². The number of anilines is 1. The lowest BCUT2D eigenvalue weighted by Gasteiger charge is -2.10. The van der Waals surface area contributed by atoms with Crippen molar-refractivity contribution in [1.82, 2.24) is 0 Å². The second-order valence-corrected chi connectivity index (χ2v) is 3.60. The Morgan fingerprint density at radius 1 is 1.47 bits per heavy atom. The first-order valence-corrected chi connectivity index (χ1v) is 4.76. The van der Waals surface area contributed by atoms with Crippen LogP contribution in [-0.4, -0.2) is 17.3 Å². The molecule has 0 spiro atoms. The molecule has 82 valence electrons. The maximum Gasteiger partial charge on any atom is 0.411 e. The van der Waals surface area contributed by atoms with Crippen LogP contribution < -0.4 is 5.32 Å². The largest absolute Gasteiger partial charge is 0.506 e. The molecule has 0 aromatic heterocycles. The van der Waals surface area contributed by atoms with Crippen molar-refractivity contribution in [2.24, 2.45) is 0 Å². The van der Waals surface area contributed by atoms with Crippen LogP contribution in [0.4, 0.5) is 10.5 Å². The summed E-state index contributed by atoms with van der Waals surface area (Å²) < 4.78 is 4.88. The molecule has 4 nitrogen and oxygen atoms in total. The van der Waals surface area contributed by atoms with Crippen molar-refractivity contribution in [3.63, 3.8) is 0 Å². The number of phenolic OH excluding ortho intramolecular Hbond substituents is 1. The van der Waals surface area contributed by atoms with Crippen molar-refractivity contribution >= 4 is 11.8 Å². The predicted molar refractivity (Wildman–Crippen MR) is 58.1 cm³/mol. The lowest BCUT2D eigenvalue weighted by Crippen LogP contribution is -2.17. The van der Waals surface area contributed by atoms with Gasteiger partial charge in [-0.15, -0.1) is 0 Å². The van der Waals surface area contributed by atoms with Gasteiger partial charge in [0.05, 0.1) is 11.8 Å². The molecule has 0 saturated carbocycles. The number of nitrogens with one attached hydrogen (secondary N) is 1. The molecular formula is C11H15NO3. The Kier molecular flexibility index (Phi) is 3.55. The average molecular weight is 209 g/mol. The van der Waals surface area contributed by atoms with Gasteiger partial charge in [0.25, 0.3) is 0 Å². The number of carbonyl (C=O) groups is 1. The number of aromatic hydroxyl groups is 1. The second kappa shape index (κ2) is 4.68. The Balaban J connectivity index is 2.68. The number of aryl methyl sites for hydroxylation is 1. The lowest BCUT2D eigenvalue weighted by molar-refractivity contribution is 0.130. The smallest absolute Gasteiger partial charge is 0.411 e. The molecule has 0 aliphatic heterocycles. The van der Waals surface area contributed by atoms with Crippen LogP contribution in [0.5, 0.6) is 5.75 Å². The molecule has 4 heteroatoms. The van der Waals surface area contributed by atoms with Crippen molar-refractivity contribution in [3.8, 4) is 5.75 Å². The van der Waals surface area contributed by atoms with Gasteiger partial charge in [-0.25, -0.2) is 4.79 Å². The fraction of sp³-hybridized carbons (Fsp3) is 0.364. The van der Waals surface area contributed by atoms with Crippen LogP contribution in [0.25, 0.3) is 0 Å². The summed E-state index contributed by atoms with van der Waals surface area (Å²) in [7, 11) is 0. The minimum Gasteiger partial charge on any atom is -0.506 e. The van der Waals surface area contributed by atoms with E-state index in [9.17, 15) is 9.90 Å². The standard InChI is InChI=1S/C11H15NO3/c1-7(2)15-11(14)12-9-5-4-8(3)6-10(9)13/h4-7,13H,1-3H3,(H,12,14). The Bertz CT molecular complexity index is 361. The molecule has 1 rings (SSSR count). The van der Waals surface area contributed by atoms with E-state index in [1.54, 1.807) is 32.0 Å². The van der Waals surface area contributed by atoms with Crippen LogP contribution in [0, 0.1) is 6.92 Å². The van der Waals surface area contributed by atoms with Crippen LogP contribution in [-0.2, 0) is 4.74 Å². The van der Waals surface area contributed by atoms with E-state index >= 15 is 0 Å². The molecular weight excluding hydrogens is 194 g/mol. The number of benzene rings is 1. The highest BCUT2D eigenvalue weighted by Gasteiger charge is 2.08. The van der Waals surface area contributed by atoms with Crippen molar-refractivity contribution in [1.29, 1.82) is 0 Å². The SMILES string of the molecule is Cc1ccc(NC(=O)OC(C)C)c(O)c1. The predicted octanol–water partition coefficient (Wildman–Crippen LogP) is 2.66. The minimum atomic E-state index is -0.566. The Labute approximate surface area is 88.9 Å². The number of carbonyl (C=O) groups excluding carboxylic acids is 1. The molecule has 0 radical (unpaired) electrons. The summed E-state index contributed by atoms with van der Waals surface area (Å²) in [5.41, 5.74) is 1.28. The molecule has 0 heterocycles. The van der Waals surface area contributed by atoms with E-state index < -0.39 is 6.09 Å². The molecule has 1 amide bonds. The summed E-state index contributed by atoms with van der Waals surface area (Å²) in [6.45, 7) is 5.37. The van der Waals surface area contributed by atoms with E-state index in [0.717, 1.165) is 5.56 Å². The molecule has 0 saturated heterocycles. The summed E-state index contributed by atoms with van der Waals surface area (Å²) in [5.74, 6) is 0.0377. The molecule has 0 fully saturated rings. The average Bonchev–Trinajstić information content (AvgIpc) is 2.08. The molecule has 2 N–H and O–H groups in total. The van der Waals surface area contributed by atoms with E-state index in [4.69, 9.17) is 4.74 Å². The molecule has 0 aliphatic rings. The second-order valence-electron chi connectivity index (χ2n) is 3.60. The molecule has 15 heavy (non-hydrogen) atoms. The van der Waals surface area contributed by atoms with Gasteiger partial charge in [-0.2, -0.15) is 0 Å². The van der Waals surface area contributed by atoms with Gasteiger partial charge in [0.2, 0.25) is 0 Å². The maximum absolute atomic E-state index is 11.2. The third kappa shape index (κ3) is 3.50. The minimum absolute atomic E-state index is 0.0377. The lowest BCUT2D eigenvalue weighted by atomic mass is 10.2. The topological polar surface area (TPSA) is 58.6 Å². The van der Waals surface area contributed by atoms with E-state index in [1.165, 1.54) is 0 Å². The number of rotatable bonds is 2. The summed E-state index contributed by atoms with van der Waals surface area (Å²) in [6.07, 6.45) is -0.748. The van der Waals surface area contributed by atoms with Crippen molar-refractivity contribution in [3.05, 3.63) is 23.8 Å². The van der Waals surface area contributed by atoms with E-state index in [2.05, 4.69) is 5.32 Å². The Morgan fingerprint density at radius 2 is 2.13 bits per heavy atom. The van der Waals surface area contributed by atoms with Crippen molar-refractivity contribution in [2.75, 3.05) is 5.32 Å². The Hall–Kier alpha value is -1.71. The number of phenols is 1. The fourth-order valence-electron chi connectivity index (χ4n) is 1.10. The first kappa shape index (κ1) is 11.4. The summed E-state index contributed by atoms with van der Waals surface area (Å²) in [5, 5.41) is 12.0. The van der Waals surface area contributed by atoms with Gasteiger partial charge in [0, 0.05) is 0 Å². The Morgan fingerprint density at radius 3 is 2.67 bits per heavy atom. The first-order chi connectivity index (χ1) is 6.99. The van der Waals surface area contributed by atoms with Gasteiger partial charge in [0.1, 0.15) is 5.75 Å². The van der Waals surface area contributed by atoms with E-state index in [-0.39, 0.29) is 11.9 Å². The molecule has 0 unspecified atom stereocenters. The highest BCUT2D eigenvalue weighted by atomic mass is 16.6. The monoisotopic (exact) mass is 209 g/mol. The summed E-state index contributed by atoms with van der Waals surface area (Å²) in [4.78, 5) is 11.2. The first-order valence-electron chi connectivity index (χ1n) is 4.76. The van der Waals surface area contributed by atoms with Crippen LogP contribution in [0.2, 0.25) is 0 Å². The van der Waals surface area contributed by atoms with E-state index in [1.807, 2.05) is 6.92 Å². The third-order valence-electron chi connectivity index (χ3n) is 1.73. The van der Waals surface area contributed by atoms with Crippen molar-refractivity contribution < 1.29 is 14.6 Å². The van der Waals surface area contributed by atoms with Gasteiger partial charge in [-0.05, 0) is 38.5 Å². The maximum atomic E-state index is 11.2. The summed E-state index contributed by atoms with van der Waals surface area (Å²) in [6, 6.07) is 5.00. The van der Waals surface area contributed by atoms with Crippen LogP contribution >= 0.6 is 0 Å². The fourth-order valence-corrected chi connectivity index (χ4v) is 1.10. The highest BCUT2D eigenvalue weighted by Crippen LogP contribution is 2.23. The number of hydrogen-bond donors (Lipinski definition) is 2. The molecule has 1 aromatic carbocycles. The zero-order chi connectivity index (χ0) is 11.4. The molecule has 0 aliphatic carbocycles. The summed E-state index contributed by atoms with van der Waals surface area (Å²) >= 11 is 0. The van der Waals surface area contributed by atoms with Crippen LogP contribution in [0.3, 0.4) is 0 Å². The van der Waals surface area contributed by atoms with Crippen LogP contribution in [0.1, 0.15) is 19.4 Å². The van der Waals surface area contributed by atoms with Crippen molar-refractivity contribution in [2.45, 2.75) is 26.9 Å². The number of amides is 1. The normalized spacial score (nSPS) is 10.1. The number of hydrogen-bond acceptors (Lipinski definition) is 3. The molecule has 0 atom stereocenters. The molecule has 0 bridgehead atoms. The zero-order valence-corrected chi connectivity index (χ0v) is 9.07. The quantitative estimate of drug-likeness (QED) is 0.736. The molecule has 1 aromatic rings. The van der Waals surface area contributed by atoms with Crippen LogP contribution in [0.15, 0.2) is 18.2 Å². The highest BCUT2D eigenvalue weighted by molar-refractivity contribution is 5.86. The van der Waals surface area contributed by atoms with Gasteiger partial charge < -0.3 is 9.84 Å². The van der Waals surface area contributed by atoms with E-state index in [0.29, 0.717) is 5.69 Å². The zero-order valence-electron chi connectivity index (χ0n) is 9.07. The van der Waals surface area contributed by atoms with Gasteiger partial charge in [-0.1, -0.05) is 6.07 Å².